The van der Waals surface area contributed by atoms with Crippen molar-refractivity contribution in [1.82, 2.24) is 9.80 Å². The molecule has 0 atom stereocenters. The summed E-state index contributed by atoms with van der Waals surface area (Å²) in [6.45, 7) is 7.99. The van der Waals surface area contributed by atoms with E-state index in [1.165, 1.54) is 83.6 Å². The lowest BCUT2D eigenvalue weighted by atomic mass is 10.1. The van der Waals surface area contributed by atoms with Crippen LogP contribution in [0.3, 0.4) is 0 Å². The van der Waals surface area contributed by atoms with E-state index in [1.54, 1.807) is 0 Å². The zero-order valence-electron chi connectivity index (χ0n) is 14.7. The van der Waals surface area contributed by atoms with Crippen LogP contribution in [0.25, 0.3) is 0 Å². The van der Waals surface area contributed by atoms with Gasteiger partial charge in [0, 0.05) is 25.5 Å². The van der Waals surface area contributed by atoms with Crippen LogP contribution in [0.2, 0.25) is 0 Å². The number of rotatable bonds is 14. The van der Waals surface area contributed by atoms with E-state index in [4.69, 9.17) is 0 Å². The second-order valence-corrected chi connectivity index (χ2v) is 6.55. The average molecular weight is 295 g/mol. The number of hydrogen-bond donors (Lipinski definition) is 0. The predicted molar refractivity (Wildman–Crippen MR) is 94.2 cm³/mol. The van der Waals surface area contributed by atoms with Crippen LogP contribution < -0.4 is 0 Å². The molecule has 0 aliphatic carbocycles. The first-order chi connectivity index (χ1) is 10.4. The molecule has 0 unspecified atom stereocenters. The van der Waals surface area contributed by atoms with E-state index < -0.39 is 0 Å². The molecule has 1 aliphatic rings. The van der Waals surface area contributed by atoms with E-state index in [0.717, 1.165) is 13.2 Å². The molecule has 0 N–H and O–H groups in total. The normalized spacial score (nSPS) is 14.4. The summed E-state index contributed by atoms with van der Waals surface area (Å²) in [6.07, 6.45) is 21.7. The quantitative estimate of drug-likeness (QED) is 0.376. The maximum Gasteiger partial charge on any atom is 0.0893 e. The summed E-state index contributed by atoms with van der Waals surface area (Å²) in [5, 5.41) is 0. The molecule has 0 saturated heterocycles. The van der Waals surface area contributed by atoms with Gasteiger partial charge in [0.25, 0.3) is 0 Å². The summed E-state index contributed by atoms with van der Waals surface area (Å²) < 4.78 is 0. The first-order valence-corrected chi connectivity index (χ1v) is 9.53. The molecule has 21 heavy (non-hydrogen) atoms. The molecule has 1 rings (SSSR count). The standard InChI is InChI=1S/C19H38N2/c1-3-5-6-7-8-9-10-11-12-13-14-15-16-21-18-17-20(4-2)19-21/h17-18H,3-16,19H2,1-2H3. The van der Waals surface area contributed by atoms with Crippen molar-refractivity contribution in [2.45, 2.75) is 90.9 Å². The van der Waals surface area contributed by atoms with Crippen molar-refractivity contribution in [1.29, 1.82) is 0 Å². The van der Waals surface area contributed by atoms with Crippen LogP contribution in [0.15, 0.2) is 12.4 Å². The summed E-state index contributed by atoms with van der Waals surface area (Å²) in [5.41, 5.74) is 0. The van der Waals surface area contributed by atoms with Crippen LogP contribution in [0, 0.1) is 0 Å². The van der Waals surface area contributed by atoms with Gasteiger partial charge in [-0.15, -0.1) is 0 Å². The summed E-state index contributed by atoms with van der Waals surface area (Å²) in [5.74, 6) is 0. The molecule has 0 spiro atoms. The van der Waals surface area contributed by atoms with E-state index >= 15 is 0 Å². The molecule has 2 nitrogen and oxygen atoms in total. The summed E-state index contributed by atoms with van der Waals surface area (Å²) in [4.78, 5) is 4.81. The van der Waals surface area contributed by atoms with Crippen LogP contribution in [-0.2, 0) is 0 Å². The molecule has 2 heteroatoms. The molecule has 0 amide bonds. The topological polar surface area (TPSA) is 6.48 Å². The third-order valence-electron chi connectivity index (χ3n) is 4.56. The van der Waals surface area contributed by atoms with Crippen LogP contribution in [0.4, 0.5) is 0 Å². The Kier molecular flexibility index (Phi) is 11.4. The summed E-state index contributed by atoms with van der Waals surface area (Å²) in [7, 11) is 0. The third-order valence-corrected chi connectivity index (χ3v) is 4.56. The fourth-order valence-corrected chi connectivity index (χ4v) is 3.02. The van der Waals surface area contributed by atoms with Gasteiger partial charge in [0.15, 0.2) is 0 Å². The van der Waals surface area contributed by atoms with Crippen molar-refractivity contribution < 1.29 is 0 Å². The number of nitrogens with zero attached hydrogens (tertiary/aromatic N) is 2. The minimum Gasteiger partial charge on any atom is -0.359 e. The van der Waals surface area contributed by atoms with Gasteiger partial charge in [-0.3, -0.25) is 0 Å². The molecule has 0 aromatic heterocycles. The maximum absolute atomic E-state index is 2.44. The largest absolute Gasteiger partial charge is 0.359 e. The second kappa shape index (κ2) is 13.0. The van der Waals surface area contributed by atoms with Gasteiger partial charge in [-0.1, -0.05) is 77.6 Å². The van der Waals surface area contributed by atoms with Crippen LogP contribution in [0.1, 0.15) is 90.9 Å². The Hall–Kier alpha value is -0.660. The average Bonchev–Trinajstić information content (AvgIpc) is 2.96. The summed E-state index contributed by atoms with van der Waals surface area (Å²) in [6, 6.07) is 0. The highest BCUT2D eigenvalue weighted by molar-refractivity contribution is 4.89. The van der Waals surface area contributed by atoms with Crippen LogP contribution in [0.5, 0.6) is 0 Å². The molecule has 0 saturated carbocycles. The molecule has 0 bridgehead atoms. The Labute approximate surface area is 133 Å². The van der Waals surface area contributed by atoms with Crippen LogP contribution >= 0.6 is 0 Å². The molecule has 1 heterocycles. The van der Waals surface area contributed by atoms with E-state index in [0.29, 0.717) is 0 Å². The van der Waals surface area contributed by atoms with E-state index in [-0.39, 0.29) is 0 Å². The van der Waals surface area contributed by atoms with Gasteiger partial charge in [-0.25, -0.2) is 0 Å². The molecule has 0 aromatic carbocycles. The Bertz CT molecular complexity index is 250. The highest BCUT2D eigenvalue weighted by Crippen LogP contribution is 2.13. The van der Waals surface area contributed by atoms with E-state index in [1.807, 2.05) is 0 Å². The minimum absolute atomic E-state index is 1.11. The first kappa shape index (κ1) is 18.4. The zero-order chi connectivity index (χ0) is 15.2. The molecule has 1 aliphatic heterocycles. The minimum atomic E-state index is 1.11. The Morgan fingerprint density at radius 2 is 1.10 bits per heavy atom. The highest BCUT2D eigenvalue weighted by Gasteiger charge is 2.08. The second-order valence-electron chi connectivity index (χ2n) is 6.55. The van der Waals surface area contributed by atoms with Crippen molar-refractivity contribution in [3.05, 3.63) is 12.4 Å². The van der Waals surface area contributed by atoms with Crippen molar-refractivity contribution >= 4 is 0 Å². The SMILES string of the molecule is CCCCCCCCCCCCCCN1C=CN(CC)C1. The summed E-state index contributed by atoms with van der Waals surface area (Å²) >= 11 is 0. The van der Waals surface area contributed by atoms with Gasteiger partial charge in [0.05, 0.1) is 6.67 Å². The van der Waals surface area contributed by atoms with Gasteiger partial charge in [-0.2, -0.15) is 0 Å². The van der Waals surface area contributed by atoms with E-state index in [2.05, 4.69) is 36.0 Å². The number of unbranched alkanes of at least 4 members (excludes halogenated alkanes) is 11. The maximum atomic E-state index is 2.44. The molecule has 0 radical (unpaired) electrons. The van der Waals surface area contributed by atoms with Crippen molar-refractivity contribution in [2.75, 3.05) is 19.8 Å². The molecular weight excluding hydrogens is 256 g/mol. The fourth-order valence-electron chi connectivity index (χ4n) is 3.02. The lowest BCUT2D eigenvalue weighted by Crippen LogP contribution is -2.25. The molecule has 0 fully saturated rings. The Balaban J connectivity index is 1.74. The zero-order valence-corrected chi connectivity index (χ0v) is 14.7. The van der Waals surface area contributed by atoms with Crippen molar-refractivity contribution in [3.8, 4) is 0 Å². The fraction of sp³-hybridized carbons (Fsp3) is 0.895. The van der Waals surface area contributed by atoms with Gasteiger partial charge in [-0.05, 0) is 13.3 Å². The van der Waals surface area contributed by atoms with Crippen molar-refractivity contribution in [2.24, 2.45) is 0 Å². The smallest absolute Gasteiger partial charge is 0.0893 e. The Morgan fingerprint density at radius 1 is 0.619 bits per heavy atom. The van der Waals surface area contributed by atoms with E-state index in [9.17, 15) is 0 Å². The predicted octanol–water partition coefficient (Wildman–Crippen LogP) is 5.75. The Morgan fingerprint density at radius 3 is 1.57 bits per heavy atom. The van der Waals surface area contributed by atoms with Gasteiger partial charge in [0.2, 0.25) is 0 Å². The lowest BCUT2D eigenvalue weighted by molar-refractivity contribution is 0.268. The molecule has 124 valence electrons. The lowest BCUT2D eigenvalue weighted by Gasteiger charge is -2.19. The molecular formula is C19H38N2. The monoisotopic (exact) mass is 294 g/mol. The van der Waals surface area contributed by atoms with Gasteiger partial charge >= 0.3 is 0 Å². The highest BCUT2D eigenvalue weighted by atomic mass is 15.3. The van der Waals surface area contributed by atoms with Crippen molar-refractivity contribution in [3.63, 3.8) is 0 Å². The van der Waals surface area contributed by atoms with Gasteiger partial charge < -0.3 is 9.80 Å². The third kappa shape index (κ3) is 9.82. The number of hydrogen-bond acceptors (Lipinski definition) is 2. The molecule has 0 aromatic rings. The first-order valence-electron chi connectivity index (χ1n) is 9.53. The van der Waals surface area contributed by atoms with Gasteiger partial charge in [0.1, 0.15) is 0 Å². The van der Waals surface area contributed by atoms with Crippen LogP contribution in [-0.4, -0.2) is 29.6 Å².